The topological polar surface area (TPSA) is 52.6 Å². The number of hydrogen-bond donors (Lipinski definition) is 0. The zero-order chi connectivity index (χ0) is 17.1. The van der Waals surface area contributed by atoms with Crippen LogP contribution in [-0.2, 0) is 24.5 Å². The highest BCUT2D eigenvalue weighted by Gasteiger charge is 2.37. The Labute approximate surface area is 139 Å². The van der Waals surface area contributed by atoms with E-state index >= 15 is 0 Å². The van der Waals surface area contributed by atoms with E-state index in [4.69, 9.17) is 9.47 Å². The van der Waals surface area contributed by atoms with E-state index in [1.165, 1.54) is 0 Å². The van der Waals surface area contributed by atoms with Crippen molar-refractivity contribution in [2.24, 2.45) is 0 Å². The number of carbonyl (C=O) groups excluding carboxylic acids is 2. The van der Waals surface area contributed by atoms with Gasteiger partial charge in [-0.3, -0.25) is 9.59 Å². The summed E-state index contributed by atoms with van der Waals surface area (Å²) in [5, 5.41) is 0. The minimum atomic E-state index is -0.560. The SMILES string of the molecule is CCCCC(CC(=O)OCC)(CC(=O)OCC)c1ccccc1. The number of hydrogen-bond acceptors (Lipinski definition) is 4. The lowest BCUT2D eigenvalue weighted by Gasteiger charge is -2.33. The minimum absolute atomic E-state index is 0.198. The van der Waals surface area contributed by atoms with Gasteiger partial charge in [0.25, 0.3) is 0 Å². The molecule has 0 spiro atoms. The molecule has 0 radical (unpaired) electrons. The Balaban J connectivity index is 3.15. The standard InChI is InChI=1S/C19H28O4/c1-4-7-13-19(14-17(20)22-5-2,15-18(21)23-6-3)16-11-9-8-10-12-16/h8-12H,4-7,13-15H2,1-3H3. The van der Waals surface area contributed by atoms with Gasteiger partial charge in [-0.2, -0.15) is 0 Å². The van der Waals surface area contributed by atoms with E-state index in [0.29, 0.717) is 13.2 Å². The van der Waals surface area contributed by atoms with Crippen LogP contribution in [0.3, 0.4) is 0 Å². The predicted octanol–water partition coefficient (Wildman–Crippen LogP) is 4.02. The molecule has 0 aliphatic rings. The monoisotopic (exact) mass is 320 g/mol. The number of esters is 2. The Hall–Kier alpha value is -1.84. The lowest BCUT2D eigenvalue weighted by molar-refractivity contribution is -0.148. The summed E-state index contributed by atoms with van der Waals surface area (Å²) in [5.74, 6) is -0.534. The molecule has 1 aromatic carbocycles. The van der Waals surface area contributed by atoms with E-state index in [2.05, 4.69) is 6.92 Å². The van der Waals surface area contributed by atoms with Crippen LogP contribution in [0.2, 0.25) is 0 Å². The fourth-order valence-electron chi connectivity index (χ4n) is 2.87. The van der Waals surface area contributed by atoms with Crippen LogP contribution in [0.4, 0.5) is 0 Å². The lowest BCUT2D eigenvalue weighted by Crippen LogP contribution is -2.34. The van der Waals surface area contributed by atoms with Gasteiger partial charge in [-0.25, -0.2) is 0 Å². The summed E-state index contributed by atoms with van der Waals surface area (Å²) in [5.41, 5.74) is 0.435. The normalized spacial score (nSPS) is 11.1. The zero-order valence-electron chi connectivity index (χ0n) is 14.5. The zero-order valence-corrected chi connectivity index (χ0v) is 14.5. The Morgan fingerprint density at radius 3 is 1.87 bits per heavy atom. The third-order valence-electron chi connectivity index (χ3n) is 3.97. The van der Waals surface area contributed by atoms with E-state index < -0.39 is 5.41 Å². The van der Waals surface area contributed by atoms with Gasteiger partial charge in [0.15, 0.2) is 0 Å². The van der Waals surface area contributed by atoms with Crippen molar-refractivity contribution in [3.05, 3.63) is 35.9 Å². The molecule has 1 rings (SSSR count). The molecule has 0 heterocycles. The van der Waals surface area contributed by atoms with E-state index in [1.807, 2.05) is 30.3 Å². The molecule has 4 heteroatoms. The summed E-state index contributed by atoms with van der Waals surface area (Å²) in [6.45, 7) is 6.37. The van der Waals surface area contributed by atoms with E-state index in [-0.39, 0.29) is 24.8 Å². The Bertz CT molecular complexity index is 461. The Morgan fingerprint density at radius 2 is 1.43 bits per heavy atom. The van der Waals surface area contributed by atoms with Crippen molar-refractivity contribution in [3.63, 3.8) is 0 Å². The molecule has 1 aromatic rings. The van der Waals surface area contributed by atoms with E-state index in [1.54, 1.807) is 13.8 Å². The molecule has 0 aliphatic heterocycles. The van der Waals surface area contributed by atoms with Crippen LogP contribution in [0.25, 0.3) is 0 Å². The summed E-state index contributed by atoms with van der Waals surface area (Å²) in [4.78, 5) is 24.3. The van der Waals surface area contributed by atoms with Gasteiger partial charge < -0.3 is 9.47 Å². The number of benzene rings is 1. The third-order valence-corrected chi connectivity index (χ3v) is 3.97. The van der Waals surface area contributed by atoms with Crippen molar-refractivity contribution in [2.45, 2.75) is 58.3 Å². The summed E-state index contributed by atoms with van der Waals surface area (Å²) in [6.07, 6.45) is 3.09. The first-order chi connectivity index (χ1) is 11.1. The second-order valence-electron chi connectivity index (χ2n) is 5.71. The van der Waals surface area contributed by atoms with Gasteiger partial charge in [0.2, 0.25) is 0 Å². The highest BCUT2D eigenvalue weighted by molar-refractivity contribution is 5.76. The molecular weight excluding hydrogens is 292 g/mol. The van der Waals surface area contributed by atoms with Gasteiger partial charge in [0.1, 0.15) is 0 Å². The van der Waals surface area contributed by atoms with Crippen LogP contribution >= 0.6 is 0 Å². The van der Waals surface area contributed by atoms with Crippen molar-refractivity contribution in [3.8, 4) is 0 Å². The molecule has 4 nitrogen and oxygen atoms in total. The van der Waals surface area contributed by atoms with Crippen molar-refractivity contribution in [2.75, 3.05) is 13.2 Å². The smallest absolute Gasteiger partial charge is 0.306 e. The molecule has 0 bridgehead atoms. The summed E-state index contributed by atoms with van der Waals surface area (Å²) >= 11 is 0. The van der Waals surface area contributed by atoms with Gasteiger partial charge in [0.05, 0.1) is 26.1 Å². The van der Waals surface area contributed by atoms with Crippen molar-refractivity contribution in [1.29, 1.82) is 0 Å². The van der Waals surface area contributed by atoms with Crippen molar-refractivity contribution < 1.29 is 19.1 Å². The maximum atomic E-state index is 12.2. The molecule has 0 unspecified atom stereocenters. The molecule has 0 fully saturated rings. The number of carbonyl (C=O) groups is 2. The maximum absolute atomic E-state index is 12.2. The molecule has 0 saturated heterocycles. The quantitative estimate of drug-likeness (QED) is 0.611. The van der Waals surface area contributed by atoms with Crippen molar-refractivity contribution in [1.82, 2.24) is 0 Å². The van der Waals surface area contributed by atoms with Crippen LogP contribution < -0.4 is 0 Å². The van der Waals surface area contributed by atoms with Crippen LogP contribution in [0.5, 0.6) is 0 Å². The summed E-state index contributed by atoms with van der Waals surface area (Å²) in [7, 11) is 0. The second-order valence-corrected chi connectivity index (χ2v) is 5.71. The molecule has 0 atom stereocenters. The molecule has 0 N–H and O–H groups in total. The van der Waals surface area contributed by atoms with Gasteiger partial charge >= 0.3 is 11.9 Å². The molecule has 0 saturated carbocycles. The fourth-order valence-corrected chi connectivity index (χ4v) is 2.87. The predicted molar refractivity (Wildman–Crippen MR) is 90.1 cm³/mol. The first kappa shape index (κ1) is 19.2. The third kappa shape index (κ3) is 6.05. The molecule has 23 heavy (non-hydrogen) atoms. The van der Waals surface area contributed by atoms with Gasteiger partial charge in [-0.15, -0.1) is 0 Å². The van der Waals surface area contributed by atoms with E-state index in [0.717, 1.165) is 24.8 Å². The van der Waals surface area contributed by atoms with Crippen molar-refractivity contribution >= 4 is 11.9 Å². The van der Waals surface area contributed by atoms with Gasteiger partial charge in [-0.1, -0.05) is 50.1 Å². The largest absolute Gasteiger partial charge is 0.466 e. The highest BCUT2D eigenvalue weighted by Crippen LogP contribution is 2.38. The maximum Gasteiger partial charge on any atom is 0.306 e. The summed E-state index contributed by atoms with van der Waals surface area (Å²) < 4.78 is 10.3. The number of unbranched alkanes of at least 4 members (excludes halogenated alkanes) is 1. The van der Waals surface area contributed by atoms with Crippen LogP contribution in [0.15, 0.2) is 30.3 Å². The molecule has 0 aliphatic carbocycles. The average Bonchev–Trinajstić information content (AvgIpc) is 2.54. The first-order valence-electron chi connectivity index (χ1n) is 8.44. The average molecular weight is 320 g/mol. The van der Waals surface area contributed by atoms with Crippen LogP contribution in [0.1, 0.15) is 58.4 Å². The van der Waals surface area contributed by atoms with Gasteiger partial charge in [-0.05, 0) is 25.8 Å². The highest BCUT2D eigenvalue weighted by atomic mass is 16.5. The van der Waals surface area contributed by atoms with Crippen LogP contribution in [0, 0.1) is 0 Å². The number of rotatable bonds is 10. The number of ether oxygens (including phenoxy) is 2. The fraction of sp³-hybridized carbons (Fsp3) is 0.579. The Morgan fingerprint density at radius 1 is 0.913 bits per heavy atom. The van der Waals surface area contributed by atoms with E-state index in [9.17, 15) is 9.59 Å². The van der Waals surface area contributed by atoms with Crippen LogP contribution in [-0.4, -0.2) is 25.2 Å². The minimum Gasteiger partial charge on any atom is -0.466 e. The first-order valence-corrected chi connectivity index (χ1v) is 8.44. The molecule has 0 aromatic heterocycles. The van der Waals surface area contributed by atoms with Gasteiger partial charge in [0, 0.05) is 5.41 Å². The summed E-state index contributed by atoms with van der Waals surface area (Å²) in [6, 6.07) is 9.77. The Kier molecular flexibility index (Phi) is 8.38. The molecule has 128 valence electrons. The lowest BCUT2D eigenvalue weighted by atomic mass is 9.71. The second kappa shape index (κ2) is 10.0. The molecular formula is C19H28O4. The molecule has 0 amide bonds.